The summed E-state index contributed by atoms with van der Waals surface area (Å²) in [5.74, 6) is -0.327. The zero-order chi connectivity index (χ0) is 13.3. The van der Waals surface area contributed by atoms with Crippen molar-refractivity contribution < 1.29 is 13.2 Å². The van der Waals surface area contributed by atoms with E-state index in [4.69, 9.17) is 0 Å². The Labute approximate surface area is 114 Å². The Morgan fingerprint density at radius 2 is 2.17 bits per heavy atom. The van der Waals surface area contributed by atoms with Gasteiger partial charge in [-0.3, -0.25) is 4.79 Å². The number of halogens is 1. The van der Waals surface area contributed by atoms with E-state index in [1.807, 2.05) is 19.1 Å². The number of sulfone groups is 1. The van der Waals surface area contributed by atoms with Gasteiger partial charge in [-0.15, -0.1) is 0 Å². The first-order chi connectivity index (χ1) is 8.37. The quantitative estimate of drug-likeness (QED) is 0.899. The van der Waals surface area contributed by atoms with Crippen LogP contribution in [0.25, 0.3) is 0 Å². The first kappa shape index (κ1) is 13.3. The predicted molar refractivity (Wildman–Crippen MR) is 73.1 cm³/mol. The maximum Gasteiger partial charge on any atom is 0.252 e. The van der Waals surface area contributed by atoms with Crippen LogP contribution in [-0.4, -0.2) is 26.1 Å². The number of aryl methyl sites for hydroxylation is 1. The van der Waals surface area contributed by atoms with Crippen LogP contribution >= 0.6 is 15.9 Å². The lowest BCUT2D eigenvalue weighted by Gasteiger charge is -2.11. The summed E-state index contributed by atoms with van der Waals surface area (Å²) in [5, 5.41) is 3.84. The molecule has 1 unspecified atom stereocenters. The summed E-state index contributed by atoms with van der Waals surface area (Å²) in [7, 11) is -3.15. The summed E-state index contributed by atoms with van der Waals surface area (Å²) in [6.07, 6.45) is 1.50. The van der Waals surface area contributed by atoms with Crippen molar-refractivity contribution in [1.29, 1.82) is 0 Å². The molecule has 0 aromatic heterocycles. The van der Waals surface area contributed by atoms with E-state index in [1.165, 1.54) is 6.08 Å². The molecule has 0 saturated heterocycles. The highest BCUT2D eigenvalue weighted by Gasteiger charge is 2.23. The van der Waals surface area contributed by atoms with E-state index in [1.54, 1.807) is 6.07 Å². The molecular formula is C12H12BrNO3S. The zero-order valence-corrected chi connectivity index (χ0v) is 12.1. The molecule has 1 aliphatic heterocycles. The van der Waals surface area contributed by atoms with Crippen molar-refractivity contribution in [3.05, 3.63) is 45.3 Å². The van der Waals surface area contributed by atoms with Crippen LogP contribution in [-0.2, 0) is 9.84 Å². The van der Waals surface area contributed by atoms with Gasteiger partial charge in [0.1, 0.15) is 0 Å². The van der Waals surface area contributed by atoms with Crippen molar-refractivity contribution in [3.8, 4) is 0 Å². The van der Waals surface area contributed by atoms with Gasteiger partial charge >= 0.3 is 0 Å². The van der Waals surface area contributed by atoms with Gasteiger partial charge < -0.3 is 5.32 Å². The summed E-state index contributed by atoms with van der Waals surface area (Å²) in [6, 6.07) is 4.96. The molecular weight excluding hydrogens is 318 g/mol. The molecule has 1 N–H and O–H groups in total. The fourth-order valence-corrected chi connectivity index (χ4v) is 3.35. The molecule has 96 valence electrons. The van der Waals surface area contributed by atoms with E-state index in [2.05, 4.69) is 21.2 Å². The Kier molecular flexibility index (Phi) is 3.59. The normalized spacial score (nSPS) is 20.9. The van der Waals surface area contributed by atoms with Crippen LogP contribution in [0.4, 0.5) is 0 Å². The number of carbonyl (C=O) groups excluding carboxylic acids is 1. The van der Waals surface area contributed by atoms with Crippen molar-refractivity contribution >= 4 is 31.7 Å². The van der Waals surface area contributed by atoms with E-state index in [0.717, 1.165) is 15.4 Å². The Bertz CT molecular complexity index is 622. The summed E-state index contributed by atoms with van der Waals surface area (Å²) in [6.45, 7) is 1.84. The van der Waals surface area contributed by atoms with Gasteiger partial charge in [-0.1, -0.05) is 22.0 Å². The number of nitrogens with one attached hydrogen (secondary N) is 1. The first-order valence-electron chi connectivity index (χ1n) is 5.35. The highest BCUT2D eigenvalue weighted by Crippen LogP contribution is 2.17. The fraction of sp³-hybridized carbons (Fsp3) is 0.250. The molecule has 0 bridgehead atoms. The molecule has 2 rings (SSSR count). The Hall–Kier alpha value is -1.14. The molecule has 6 heteroatoms. The molecule has 0 radical (unpaired) electrons. The lowest BCUT2D eigenvalue weighted by atomic mass is 10.1. The molecule has 1 aliphatic rings. The Balaban J connectivity index is 2.14. The highest BCUT2D eigenvalue weighted by atomic mass is 79.9. The maximum absolute atomic E-state index is 12.0. The van der Waals surface area contributed by atoms with E-state index >= 15 is 0 Å². The molecule has 0 saturated carbocycles. The van der Waals surface area contributed by atoms with E-state index in [-0.39, 0.29) is 11.7 Å². The third-order valence-corrected chi connectivity index (χ3v) is 4.58. The minimum atomic E-state index is -3.15. The topological polar surface area (TPSA) is 63.2 Å². The maximum atomic E-state index is 12.0. The van der Waals surface area contributed by atoms with E-state index < -0.39 is 15.9 Å². The average Bonchev–Trinajstić information content (AvgIpc) is 2.61. The predicted octanol–water partition coefficient (Wildman–Crippen LogP) is 1.80. The lowest BCUT2D eigenvalue weighted by Crippen LogP contribution is -2.35. The minimum Gasteiger partial charge on any atom is -0.345 e. The Morgan fingerprint density at radius 3 is 2.78 bits per heavy atom. The molecule has 1 heterocycles. The summed E-state index contributed by atoms with van der Waals surface area (Å²) >= 11 is 3.31. The van der Waals surface area contributed by atoms with Gasteiger partial charge in [0.05, 0.1) is 11.8 Å². The van der Waals surface area contributed by atoms with Crippen molar-refractivity contribution in [3.63, 3.8) is 0 Å². The summed E-state index contributed by atoms with van der Waals surface area (Å²) in [4.78, 5) is 12.0. The molecule has 0 aliphatic carbocycles. The fourth-order valence-electron chi connectivity index (χ4n) is 1.75. The van der Waals surface area contributed by atoms with Gasteiger partial charge in [0.25, 0.3) is 5.91 Å². The SMILES string of the molecule is Cc1ccc(Br)cc1C(=O)NC1C=CS(=O)(=O)C1. The first-order valence-corrected chi connectivity index (χ1v) is 7.86. The van der Waals surface area contributed by atoms with Gasteiger partial charge in [0, 0.05) is 15.4 Å². The molecule has 1 aromatic carbocycles. The molecule has 4 nitrogen and oxygen atoms in total. The average molecular weight is 330 g/mol. The zero-order valence-electron chi connectivity index (χ0n) is 9.68. The third-order valence-electron chi connectivity index (χ3n) is 2.69. The lowest BCUT2D eigenvalue weighted by molar-refractivity contribution is 0.0947. The monoisotopic (exact) mass is 329 g/mol. The summed E-state index contributed by atoms with van der Waals surface area (Å²) < 4.78 is 23.3. The molecule has 1 aromatic rings. The van der Waals surface area contributed by atoms with Crippen LogP contribution in [0.3, 0.4) is 0 Å². The van der Waals surface area contributed by atoms with Crippen LogP contribution < -0.4 is 5.32 Å². The van der Waals surface area contributed by atoms with Crippen molar-refractivity contribution in [2.24, 2.45) is 0 Å². The van der Waals surface area contributed by atoms with Crippen LogP contribution in [0.15, 0.2) is 34.2 Å². The second kappa shape index (κ2) is 4.85. The van der Waals surface area contributed by atoms with Gasteiger partial charge in [0.15, 0.2) is 9.84 Å². The summed E-state index contributed by atoms with van der Waals surface area (Å²) in [5.41, 5.74) is 1.39. The second-order valence-electron chi connectivity index (χ2n) is 4.20. The van der Waals surface area contributed by atoms with Crippen LogP contribution in [0.1, 0.15) is 15.9 Å². The van der Waals surface area contributed by atoms with Gasteiger partial charge in [-0.2, -0.15) is 0 Å². The van der Waals surface area contributed by atoms with Crippen molar-refractivity contribution in [1.82, 2.24) is 5.32 Å². The number of benzene rings is 1. The second-order valence-corrected chi connectivity index (χ2v) is 7.04. The van der Waals surface area contributed by atoms with Gasteiger partial charge in [-0.25, -0.2) is 8.42 Å². The largest absolute Gasteiger partial charge is 0.345 e. The van der Waals surface area contributed by atoms with Crippen LogP contribution in [0.2, 0.25) is 0 Å². The molecule has 18 heavy (non-hydrogen) atoms. The number of hydrogen-bond acceptors (Lipinski definition) is 3. The molecule has 1 amide bonds. The molecule has 0 spiro atoms. The van der Waals surface area contributed by atoms with Crippen molar-refractivity contribution in [2.75, 3.05) is 5.75 Å². The van der Waals surface area contributed by atoms with Crippen LogP contribution in [0.5, 0.6) is 0 Å². The number of amides is 1. The highest BCUT2D eigenvalue weighted by molar-refractivity contribution is 9.10. The molecule has 1 atom stereocenters. The smallest absolute Gasteiger partial charge is 0.252 e. The minimum absolute atomic E-state index is 0.0637. The number of rotatable bonds is 2. The molecule has 0 fully saturated rings. The van der Waals surface area contributed by atoms with E-state index in [9.17, 15) is 13.2 Å². The number of hydrogen-bond donors (Lipinski definition) is 1. The van der Waals surface area contributed by atoms with Crippen LogP contribution in [0, 0.1) is 6.92 Å². The Morgan fingerprint density at radius 1 is 1.44 bits per heavy atom. The van der Waals surface area contributed by atoms with Gasteiger partial charge in [-0.05, 0) is 30.7 Å². The van der Waals surface area contributed by atoms with E-state index in [0.29, 0.717) is 5.56 Å². The van der Waals surface area contributed by atoms with Crippen molar-refractivity contribution in [2.45, 2.75) is 13.0 Å². The van der Waals surface area contributed by atoms with Gasteiger partial charge in [0.2, 0.25) is 0 Å². The third kappa shape index (κ3) is 3.00. The standard InChI is InChI=1S/C12H12BrNO3S/c1-8-2-3-9(13)6-11(8)12(15)14-10-4-5-18(16,17)7-10/h2-6,10H,7H2,1H3,(H,14,15). The number of carbonyl (C=O) groups is 1.